The smallest absolute Gasteiger partial charge is 0.267 e. The van der Waals surface area contributed by atoms with Gasteiger partial charge in [0.2, 0.25) is 0 Å². The van der Waals surface area contributed by atoms with Crippen LogP contribution in [0.2, 0.25) is 0 Å². The summed E-state index contributed by atoms with van der Waals surface area (Å²) in [5.74, 6) is 0.668. The molecule has 21 heavy (non-hydrogen) atoms. The first-order valence-corrected chi connectivity index (χ1v) is 6.55. The number of rotatable bonds is 6. The molecular formula is C13H21ClN6O. The third-order valence-corrected chi connectivity index (χ3v) is 2.93. The topological polar surface area (TPSA) is 90.8 Å². The minimum absolute atomic E-state index is 0. The number of amides is 1. The maximum Gasteiger partial charge on any atom is 0.267 e. The van der Waals surface area contributed by atoms with Crippen LogP contribution < -0.4 is 11.1 Å². The van der Waals surface area contributed by atoms with Crippen molar-refractivity contribution in [2.75, 3.05) is 5.32 Å². The van der Waals surface area contributed by atoms with E-state index in [0.29, 0.717) is 24.0 Å². The molecule has 0 saturated heterocycles. The van der Waals surface area contributed by atoms with Gasteiger partial charge in [-0.2, -0.15) is 10.2 Å². The zero-order chi connectivity index (χ0) is 14.7. The number of primary amides is 1. The number of nitrogens with zero attached hydrogens (tertiary/aromatic N) is 4. The second-order valence-corrected chi connectivity index (χ2v) is 5.15. The van der Waals surface area contributed by atoms with Crippen LogP contribution in [0, 0.1) is 5.92 Å². The van der Waals surface area contributed by atoms with Crippen molar-refractivity contribution in [3.8, 4) is 0 Å². The van der Waals surface area contributed by atoms with Crippen LogP contribution in [-0.4, -0.2) is 25.5 Å². The molecule has 0 aromatic carbocycles. The van der Waals surface area contributed by atoms with Gasteiger partial charge in [-0.15, -0.1) is 12.4 Å². The zero-order valence-electron chi connectivity index (χ0n) is 12.4. The summed E-state index contributed by atoms with van der Waals surface area (Å²) in [6, 6.07) is 3.61. The third-order valence-electron chi connectivity index (χ3n) is 2.93. The average molecular weight is 313 g/mol. The Kier molecular flexibility index (Phi) is 5.78. The number of carbonyl (C=O) groups excluding carboxylic acids is 1. The van der Waals surface area contributed by atoms with Gasteiger partial charge in [0.25, 0.3) is 5.91 Å². The number of hydrogen-bond donors (Lipinski definition) is 2. The number of halogens is 1. The van der Waals surface area contributed by atoms with E-state index in [0.717, 1.165) is 12.2 Å². The molecule has 1 amide bonds. The van der Waals surface area contributed by atoms with Gasteiger partial charge in [-0.05, 0) is 12.0 Å². The summed E-state index contributed by atoms with van der Waals surface area (Å²) in [7, 11) is 1.69. The fraction of sp³-hybridized carbons (Fsp3) is 0.462. The minimum atomic E-state index is -0.488. The highest BCUT2D eigenvalue weighted by Crippen LogP contribution is 2.10. The Morgan fingerprint density at radius 1 is 1.48 bits per heavy atom. The normalized spacial score (nSPS) is 10.5. The van der Waals surface area contributed by atoms with Gasteiger partial charge >= 0.3 is 0 Å². The van der Waals surface area contributed by atoms with Crippen molar-refractivity contribution in [1.29, 1.82) is 0 Å². The van der Waals surface area contributed by atoms with Crippen LogP contribution >= 0.6 is 12.4 Å². The van der Waals surface area contributed by atoms with E-state index in [1.807, 2.05) is 10.7 Å². The van der Waals surface area contributed by atoms with Gasteiger partial charge in [-0.25, -0.2) is 0 Å². The molecule has 2 rings (SSSR count). The standard InChI is InChI=1S/C13H20N6O.ClH/c1-9(2)8-19-10(4-5-16-19)7-15-12-6-11(13(14)20)18(3)17-12;/h4-6,9H,7-8H2,1-3H3,(H2,14,20)(H,15,17);1H. The molecule has 0 radical (unpaired) electrons. The Bertz CT molecular complexity index is 604. The van der Waals surface area contributed by atoms with E-state index in [1.54, 1.807) is 19.3 Å². The van der Waals surface area contributed by atoms with E-state index in [9.17, 15) is 4.79 Å². The fourth-order valence-corrected chi connectivity index (χ4v) is 1.99. The molecule has 2 aromatic rings. The van der Waals surface area contributed by atoms with Crippen molar-refractivity contribution in [1.82, 2.24) is 19.6 Å². The van der Waals surface area contributed by atoms with Gasteiger partial charge < -0.3 is 11.1 Å². The lowest BCUT2D eigenvalue weighted by Gasteiger charge is -2.10. The van der Waals surface area contributed by atoms with Gasteiger partial charge in [-0.3, -0.25) is 14.2 Å². The van der Waals surface area contributed by atoms with Gasteiger partial charge in [-0.1, -0.05) is 13.8 Å². The second-order valence-electron chi connectivity index (χ2n) is 5.15. The summed E-state index contributed by atoms with van der Waals surface area (Å²) < 4.78 is 3.44. The summed E-state index contributed by atoms with van der Waals surface area (Å²) in [5.41, 5.74) is 6.71. The van der Waals surface area contributed by atoms with Crippen molar-refractivity contribution in [3.63, 3.8) is 0 Å². The van der Waals surface area contributed by atoms with Crippen LogP contribution in [0.4, 0.5) is 5.82 Å². The molecular weight excluding hydrogens is 292 g/mol. The van der Waals surface area contributed by atoms with Gasteiger partial charge in [0.1, 0.15) is 11.5 Å². The summed E-state index contributed by atoms with van der Waals surface area (Å²) in [4.78, 5) is 11.2. The molecule has 2 aromatic heterocycles. The number of carbonyl (C=O) groups is 1. The van der Waals surface area contributed by atoms with Crippen LogP contribution in [0.25, 0.3) is 0 Å². The van der Waals surface area contributed by atoms with E-state index in [-0.39, 0.29) is 12.4 Å². The molecule has 0 atom stereocenters. The van der Waals surface area contributed by atoms with Crippen LogP contribution in [0.1, 0.15) is 30.0 Å². The SMILES string of the molecule is CC(C)Cn1nccc1CNc1cc(C(N)=O)n(C)n1.Cl. The molecule has 0 spiro atoms. The summed E-state index contributed by atoms with van der Waals surface area (Å²) in [6.07, 6.45) is 1.78. The lowest BCUT2D eigenvalue weighted by atomic mass is 10.2. The molecule has 0 unspecified atom stereocenters. The highest BCUT2D eigenvalue weighted by molar-refractivity contribution is 5.91. The number of nitrogens with one attached hydrogen (secondary N) is 1. The summed E-state index contributed by atoms with van der Waals surface area (Å²) >= 11 is 0. The van der Waals surface area contributed by atoms with Gasteiger partial charge in [0.15, 0.2) is 0 Å². The first-order valence-electron chi connectivity index (χ1n) is 6.55. The maximum atomic E-state index is 11.2. The van der Waals surface area contributed by atoms with E-state index >= 15 is 0 Å². The van der Waals surface area contributed by atoms with Crippen molar-refractivity contribution >= 4 is 24.1 Å². The predicted molar refractivity (Wildman–Crippen MR) is 83.4 cm³/mol. The van der Waals surface area contributed by atoms with E-state index < -0.39 is 5.91 Å². The predicted octanol–water partition coefficient (Wildman–Crippen LogP) is 1.41. The van der Waals surface area contributed by atoms with Crippen molar-refractivity contribution in [3.05, 3.63) is 29.7 Å². The Morgan fingerprint density at radius 2 is 2.19 bits per heavy atom. The third kappa shape index (κ3) is 4.22. The lowest BCUT2D eigenvalue weighted by Crippen LogP contribution is -2.15. The Balaban J connectivity index is 0.00000220. The number of aryl methyl sites for hydroxylation is 1. The van der Waals surface area contributed by atoms with Crippen LogP contribution in [-0.2, 0) is 20.1 Å². The van der Waals surface area contributed by atoms with Gasteiger partial charge in [0, 0.05) is 25.9 Å². The molecule has 0 saturated carbocycles. The molecule has 7 nitrogen and oxygen atoms in total. The average Bonchev–Trinajstić information content (AvgIpc) is 2.92. The maximum absolute atomic E-state index is 11.2. The Labute approximate surface area is 129 Å². The van der Waals surface area contributed by atoms with Crippen molar-refractivity contribution in [2.24, 2.45) is 18.7 Å². The van der Waals surface area contributed by atoms with Crippen LogP contribution in [0.5, 0.6) is 0 Å². The first-order chi connectivity index (χ1) is 9.47. The number of hydrogen-bond acceptors (Lipinski definition) is 4. The zero-order valence-corrected chi connectivity index (χ0v) is 13.2. The first kappa shape index (κ1) is 17.0. The highest BCUT2D eigenvalue weighted by Gasteiger charge is 2.10. The largest absolute Gasteiger partial charge is 0.364 e. The molecule has 2 heterocycles. The fourth-order valence-electron chi connectivity index (χ4n) is 1.99. The summed E-state index contributed by atoms with van der Waals surface area (Å²) in [6.45, 7) is 5.77. The molecule has 116 valence electrons. The quantitative estimate of drug-likeness (QED) is 0.843. The van der Waals surface area contributed by atoms with Gasteiger partial charge in [0.05, 0.1) is 12.2 Å². The number of nitrogens with two attached hydrogens (primary N) is 1. The Hall–Kier alpha value is -2.02. The minimum Gasteiger partial charge on any atom is -0.364 e. The molecule has 0 bridgehead atoms. The molecule has 3 N–H and O–H groups in total. The molecule has 0 aliphatic heterocycles. The number of aromatic nitrogens is 4. The number of anilines is 1. The molecule has 0 aliphatic rings. The van der Waals surface area contributed by atoms with E-state index in [4.69, 9.17) is 5.73 Å². The molecule has 0 fully saturated rings. The van der Waals surface area contributed by atoms with E-state index in [2.05, 4.69) is 29.4 Å². The van der Waals surface area contributed by atoms with Crippen molar-refractivity contribution in [2.45, 2.75) is 26.9 Å². The van der Waals surface area contributed by atoms with Crippen LogP contribution in [0.3, 0.4) is 0 Å². The monoisotopic (exact) mass is 312 g/mol. The molecule has 8 heteroatoms. The molecule has 0 aliphatic carbocycles. The lowest BCUT2D eigenvalue weighted by molar-refractivity contribution is 0.0991. The van der Waals surface area contributed by atoms with E-state index in [1.165, 1.54) is 4.68 Å². The summed E-state index contributed by atoms with van der Waals surface area (Å²) in [5, 5.41) is 11.7. The van der Waals surface area contributed by atoms with Crippen molar-refractivity contribution < 1.29 is 4.79 Å². The highest BCUT2D eigenvalue weighted by atomic mass is 35.5. The Morgan fingerprint density at radius 3 is 2.76 bits per heavy atom. The second kappa shape index (κ2) is 7.12. The van der Waals surface area contributed by atoms with Crippen LogP contribution in [0.15, 0.2) is 18.3 Å².